The number of aromatic nitrogens is 1. The van der Waals surface area contributed by atoms with Crippen LogP contribution in [0.25, 0.3) is 0 Å². The number of ether oxygens (including phenoxy) is 1. The number of thiazole rings is 1. The lowest BCUT2D eigenvalue weighted by Crippen LogP contribution is -2.04. The number of anilines is 1. The first kappa shape index (κ1) is 11.7. The van der Waals surface area contributed by atoms with Crippen molar-refractivity contribution in [2.24, 2.45) is 0 Å². The lowest BCUT2D eigenvalue weighted by atomic mass is 10.2. The van der Waals surface area contributed by atoms with Crippen molar-refractivity contribution < 1.29 is 17.9 Å². The highest BCUT2D eigenvalue weighted by Gasteiger charge is 2.30. The summed E-state index contributed by atoms with van der Waals surface area (Å²) in [6, 6.07) is 4.59. The molecule has 0 fully saturated rings. The summed E-state index contributed by atoms with van der Waals surface area (Å²) in [6.07, 6.45) is -4.39. The summed E-state index contributed by atoms with van der Waals surface area (Å²) in [4.78, 5) is 3.79. The van der Waals surface area contributed by atoms with Crippen molar-refractivity contribution in [3.8, 4) is 10.9 Å². The molecule has 2 rings (SSSR count). The second kappa shape index (κ2) is 4.25. The highest BCUT2D eigenvalue weighted by molar-refractivity contribution is 7.11. The van der Waals surface area contributed by atoms with Crippen LogP contribution in [0, 0.1) is 0 Å². The Kier molecular flexibility index (Phi) is 2.93. The summed E-state index contributed by atoms with van der Waals surface area (Å²) < 4.78 is 42.4. The SMILES string of the molecule is Nc1csc(Oc2cccc(C(F)(F)F)c2)n1. The Hall–Kier alpha value is -1.76. The normalized spacial score (nSPS) is 11.5. The molecule has 3 nitrogen and oxygen atoms in total. The number of hydrogen-bond donors (Lipinski definition) is 1. The van der Waals surface area contributed by atoms with Crippen molar-refractivity contribution in [1.29, 1.82) is 0 Å². The maximum absolute atomic E-state index is 12.4. The zero-order valence-corrected chi connectivity index (χ0v) is 9.18. The minimum Gasteiger partial charge on any atom is -0.431 e. The van der Waals surface area contributed by atoms with Gasteiger partial charge in [0.05, 0.1) is 5.56 Å². The first-order chi connectivity index (χ1) is 7.95. The molecular weight excluding hydrogens is 253 g/mol. The number of halogens is 3. The van der Waals surface area contributed by atoms with Gasteiger partial charge in [-0.1, -0.05) is 17.4 Å². The van der Waals surface area contributed by atoms with Crippen molar-refractivity contribution in [2.75, 3.05) is 5.73 Å². The van der Waals surface area contributed by atoms with E-state index < -0.39 is 11.7 Å². The Morgan fingerprint density at radius 1 is 1.29 bits per heavy atom. The fourth-order valence-electron chi connectivity index (χ4n) is 1.15. The molecule has 0 unspecified atom stereocenters. The molecule has 1 heterocycles. The van der Waals surface area contributed by atoms with Gasteiger partial charge in [-0.15, -0.1) is 0 Å². The standard InChI is InChI=1S/C10H7F3N2OS/c11-10(12,13)6-2-1-3-7(4-6)16-9-15-8(14)5-17-9/h1-5H,14H2. The van der Waals surface area contributed by atoms with Crippen molar-refractivity contribution in [3.05, 3.63) is 35.2 Å². The predicted molar refractivity (Wildman–Crippen MR) is 58.0 cm³/mol. The van der Waals surface area contributed by atoms with Crippen LogP contribution in [0.15, 0.2) is 29.6 Å². The molecule has 2 aromatic rings. The number of nitrogens with zero attached hydrogens (tertiary/aromatic N) is 1. The van der Waals surface area contributed by atoms with E-state index in [4.69, 9.17) is 10.5 Å². The van der Waals surface area contributed by atoms with Crippen LogP contribution in [0.3, 0.4) is 0 Å². The third kappa shape index (κ3) is 2.88. The molecular formula is C10H7F3N2OS. The Labute approximate surface area is 98.7 Å². The molecule has 0 aliphatic heterocycles. The Balaban J connectivity index is 2.22. The van der Waals surface area contributed by atoms with Crippen LogP contribution >= 0.6 is 11.3 Å². The first-order valence-electron chi connectivity index (χ1n) is 4.51. The van der Waals surface area contributed by atoms with Crippen molar-refractivity contribution in [3.63, 3.8) is 0 Å². The van der Waals surface area contributed by atoms with Gasteiger partial charge >= 0.3 is 6.18 Å². The van der Waals surface area contributed by atoms with Crippen molar-refractivity contribution in [1.82, 2.24) is 4.98 Å². The van der Waals surface area contributed by atoms with E-state index in [9.17, 15) is 13.2 Å². The summed E-state index contributed by atoms with van der Waals surface area (Å²) in [5, 5.41) is 1.75. The third-order valence-electron chi connectivity index (χ3n) is 1.87. The zero-order valence-electron chi connectivity index (χ0n) is 8.36. The highest BCUT2D eigenvalue weighted by Crippen LogP contribution is 2.33. The fourth-order valence-corrected chi connectivity index (χ4v) is 1.73. The molecule has 1 aromatic heterocycles. The number of nitrogen functional groups attached to an aromatic ring is 1. The quantitative estimate of drug-likeness (QED) is 0.898. The Morgan fingerprint density at radius 2 is 2.06 bits per heavy atom. The largest absolute Gasteiger partial charge is 0.431 e. The molecule has 17 heavy (non-hydrogen) atoms. The van der Waals surface area contributed by atoms with Crippen LogP contribution in [0.2, 0.25) is 0 Å². The maximum Gasteiger partial charge on any atom is 0.416 e. The number of rotatable bonds is 2. The first-order valence-corrected chi connectivity index (χ1v) is 5.39. The highest BCUT2D eigenvalue weighted by atomic mass is 32.1. The summed E-state index contributed by atoms with van der Waals surface area (Å²) in [6.45, 7) is 0. The van der Waals surface area contributed by atoms with Crippen LogP contribution in [-0.4, -0.2) is 4.98 Å². The average molecular weight is 260 g/mol. The van der Waals surface area contributed by atoms with E-state index in [-0.39, 0.29) is 16.8 Å². The lowest BCUT2D eigenvalue weighted by molar-refractivity contribution is -0.137. The van der Waals surface area contributed by atoms with E-state index in [2.05, 4.69) is 4.98 Å². The van der Waals surface area contributed by atoms with Gasteiger partial charge in [0, 0.05) is 5.38 Å². The van der Waals surface area contributed by atoms with Gasteiger partial charge in [0.1, 0.15) is 11.6 Å². The minimum absolute atomic E-state index is 0.0779. The summed E-state index contributed by atoms with van der Waals surface area (Å²) in [5.41, 5.74) is 4.61. The molecule has 90 valence electrons. The van der Waals surface area contributed by atoms with Gasteiger partial charge in [0.25, 0.3) is 5.19 Å². The Bertz CT molecular complexity index is 524. The van der Waals surface area contributed by atoms with E-state index in [1.807, 2.05) is 0 Å². The molecule has 0 atom stereocenters. The van der Waals surface area contributed by atoms with Crippen LogP contribution in [-0.2, 0) is 6.18 Å². The molecule has 2 N–H and O–H groups in total. The van der Waals surface area contributed by atoms with Gasteiger partial charge < -0.3 is 10.5 Å². The van der Waals surface area contributed by atoms with Crippen molar-refractivity contribution in [2.45, 2.75) is 6.18 Å². The molecule has 0 radical (unpaired) electrons. The molecule has 0 saturated heterocycles. The van der Waals surface area contributed by atoms with Gasteiger partial charge in [0.2, 0.25) is 0 Å². The van der Waals surface area contributed by atoms with E-state index in [1.54, 1.807) is 5.38 Å². The second-order valence-corrected chi connectivity index (χ2v) is 3.99. The van der Waals surface area contributed by atoms with E-state index in [0.717, 1.165) is 23.5 Å². The maximum atomic E-state index is 12.4. The molecule has 0 aliphatic carbocycles. The van der Waals surface area contributed by atoms with E-state index >= 15 is 0 Å². The van der Waals surface area contributed by atoms with Crippen LogP contribution in [0.4, 0.5) is 19.0 Å². The number of alkyl halides is 3. The van der Waals surface area contributed by atoms with Gasteiger partial charge in [0.15, 0.2) is 0 Å². The summed E-state index contributed by atoms with van der Waals surface area (Å²) in [5.74, 6) is 0.353. The topological polar surface area (TPSA) is 48.1 Å². The predicted octanol–water partition coefficient (Wildman–Crippen LogP) is 3.54. The zero-order chi connectivity index (χ0) is 12.5. The molecule has 0 amide bonds. The van der Waals surface area contributed by atoms with Crippen LogP contribution < -0.4 is 10.5 Å². The second-order valence-electron chi connectivity index (χ2n) is 3.17. The van der Waals surface area contributed by atoms with Gasteiger partial charge in [-0.2, -0.15) is 18.2 Å². The van der Waals surface area contributed by atoms with Crippen LogP contribution in [0.1, 0.15) is 5.56 Å². The van der Waals surface area contributed by atoms with Crippen molar-refractivity contribution >= 4 is 17.2 Å². The number of benzene rings is 1. The van der Waals surface area contributed by atoms with Gasteiger partial charge in [-0.3, -0.25) is 0 Å². The lowest BCUT2D eigenvalue weighted by Gasteiger charge is -2.08. The summed E-state index contributed by atoms with van der Waals surface area (Å²) in [7, 11) is 0. The fraction of sp³-hybridized carbons (Fsp3) is 0.100. The molecule has 0 saturated carbocycles. The summed E-state index contributed by atoms with van der Waals surface area (Å²) >= 11 is 1.12. The average Bonchev–Trinajstić information content (AvgIpc) is 2.63. The van der Waals surface area contributed by atoms with Gasteiger partial charge in [-0.05, 0) is 18.2 Å². The minimum atomic E-state index is -4.39. The third-order valence-corrected chi connectivity index (χ3v) is 2.60. The van der Waals surface area contributed by atoms with E-state index in [0.29, 0.717) is 0 Å². The number of nitrogens with two attached hydrogens (primary N) is 1. The molecule has 7 heteroatoms. The van der Waals surface area contributed by atoms with Gasteiger partial charge in [-0.25, -0.2) is 0 Å². The van der Waals surface area contributed by atoms with E-state index in [1.165, 1.54) is 12.1 Å². The van der Waals surface area contributed by atoms with Crippen LogP contribution in [0.5, 0.6) is 10.9 Å². The Morgan fingerprint density at radius 3 is 2.65 bits per heavy atom. The molecule has 0 aliphatic rings. The number of hydrogen-bond acceptors (Lipinski definition) is 4. The monoisotopic (exact) mass is 260 g/mol. The smallest absolute Gasteiger partial charge is 0.416 e. The molecule has 1 aromatic carbocycles. The molecule has 0 spiro atoms. The molecule has 0 bridgehead atoms.